The first-order valence-corrected chi connectivity index (χ1v) is 5.51. The molecule has 0 aliphatic heterocycles. The van der Waals surface area contributed by atoms with Crippen LogP contribution in [0.25, 0.3) is 0 Å². The van der Waals surface area contributed by atoms with Crippen molar-refractivity contribution >= 4 is 12.4 Å². The standard InChI is InChI=1S/C11H18O4/c1-2-14-11(13)7-9-3-5-10(6-4-9)15-8-12/h8-10H,2-7H2,1H3. The minimum absolute atomic E-state index is 0.0564. The smallest absolute Gasteiger partial charge is 0.306 e. The van der Waals surface area contributed by atoms with Crippen molar-refractivity contribution in [3.05, 3.63) is 0 Å². The van der Waals surface area contributed by atoms with E-state index in [1.807, 2.05) is 6.92 Å². The third-order valence-electron chi connectivity index (χ3n) is 2.80. The van der Waals surface area contributed by atoms with Crippen molar-refractivity contribution in [3.63, 3.8) is 0 Å². The summed E-state index contributed by atoms with van der Waals surface area (Å²) in [6, 6.07) is 0. The normalized spacial score (nSPS) is 25.7. The van der Waals surface area contributed by atoms with Crippen LogP contribution in [0.15, 0.2) is 0 Å². The molecule has 0 aromatic heterocycles. The molecule has 0 amide bonds. The molecule has 4 heteroatoms. The molecule has 0 unspecified atom stereocenters. The number of hydrogen-bond acceptors (Lipinski definition) is 4. The van der Waals surface area contributed by atoms with Crippen molar-refractivity contribution in [2.75, 3.05) is 6.61 Å². The van der Waals surface area contributed by atoms with Gasteiger partial charge in [-0.15, -0.1) is 0 Å². The first-order valence-electron chi connectivity index (χ1n) is 5.51. The Hall–Kier alpha value is -1.06. The molecule has 0 N–H and O–H groups in total. The predicted octanol–water partition coefficient (Wildman–Crippen LogP) is 1.67. The second-order valence-electron chi connectivity index (χ2n) is 3.88. The summed E-state index contributed by atoms with van der Waals surface area (Å²) in [5.41, 5.74) is 0. The summed E-state index contributed by atoms with van der Waals surface area (Å²) in [5.74, 6) is 0.285. The Labute approximate surface area is 89.9 Å². The highest BCUT2D eigenvalue weighted by Gasteiger charge is 2.24. The van der Waals surface area contributed by atoms with Gasteiger partial charge in [0.05, 0.1) is 6.61 Å². The Bertz CT molecular complexity index is 207. The lowest BCUT2D eigenvalue weighted by Gasteiger charge is -2.26. The summed E-state index contributed by atoms with van der Waals surface area (Å²) >= 11 is 0. The van der Waals surface area contributed by atoms with Gasteiger partial charge in [0.25, 0.3) is 6.47 Å². The Kier molecular flexibility index (Phi) is 5.15. The Morgan fingerprint density at radius 2 is 2.00 bits per heavy atom. The van der Waals surface area contributed by atoms with Gasteiger partial charge in [-0.3, -0.25) is 9.59 Å². The largest absolute Gasteiger partial charge is 0.466 e. The molecule has 1 rings (SSSR count). The minimum Gasteiger partial charge on any atom is -0.466 e. The lowest BCUT2D eigenvalue weighted by Crippen LogP contribution is -2.23. The molecule has 0 aromatic carbocycles. The van der Waals surface area contributed by atoms with Crippen molar-refractivity contribution in [2.24, 2.45) is 5.92 Å². The second kappa shape index (κ2) is 6.43. The van der Waals surface area contributed by atoms with Gasteiger partial charge in [-0.2, -0.15) is 0 Å². The minimum atomic E-state index is -0.114. The molecule has 0 heterocycles. The van der Waals surface area contributed by atoms with E-state index < -0.39 is 0 Å². The van der Waals surface area contributed by atoms with Gasteiger partial charge >= 0.3 is 5.97 Å². The molecule has 86 valence electrons. The maximum Gasteiger partial charge on any atom is 0.306 e. The van der Waals surface area contributed by atoms with Crippen molar-refractivity contribution in [3.8, 4) is 0 Å². The summed E-state index contributed by atoms with van der Waals surface area (Å²) in [6.07, 6.45) is 4.17. The van der Waals surface area contributed by atoms with E-state index >= 15 is 0 Å². The molecule has 0 bridgehead atoms. The number of esters is 1. The zero-order chi connectivity index (χ0) is 11.1. The summed E-state index contributed by atoms with van der Waals surface area (Å²) < 4.78 is 9.78. The van der Waals surface area contributed by atoms with E-state index in [-0.39, 0.29) is 12.1 Å². The SMILES string of the molecule is CCOC(=O)CC1CCC(OC=O)CC1. The molecule has 0 atom stereocenters. The van der Waals surface area contributed by atoms with E-state index in [1.165, 1.54) is 0 Å². The molecule has 0 radical (unpaired) electrons. The molecule has 15 heavy (non-hydrogen) atoms. The Morgan fingerprint density at radius 1 is 1.33 bits per heavy atom. The third-order valence-corrected chi connectivity index (χ3v) is 2.80. The summed E-state index contributed by atoms with van der Waals surface area (Å²) in [7, 11) is 0. The van der Waals surface area contributed by atoms with Gasteiger partial charge in [-0.25, -0.2) is 0 Å². The third kappa shape index (κ3) is 4.32. The van der Waals surface area contributed by atoms with Crippen molar-refractivity contribution in [2.45, 2.75) is 45.1 Å². The van der Waals surface area contributed by atoms with Crippen LogP contribution < -0.4 is 0 Å². The number of carbonyl (C=O) groups excluding carboxylic acids is 2. The molecule has 4 nitrogen and oxygen atoms in total. The summed E-state index contributed by atoms with van der Waals surface area (Å²) in [4.78, 5) is 21.3. The molecule has 0 spiro atoms. The Morgan fingerprint density at radius 3 is 2.53 bits per heavy atom. The average molecular weight is 214 g/mol. The highest BCUT2D eigenvalue weighted by Crippen LogP contribution is 2.28. The fraction of sp³-hybridized carbons (Fsp3) is 0.818. The molecule has 0 saturated heterocycles. The molecular formula is C11H18O4. The predicted molar refractivity (Wildman–Crippen MR) is 54.1 cm³/mol. The molecule has 1 aliphatic rings. The van der Waals surface area contributed by atoms with E-state index in [0.29, 0.717) is 25.4 Å². The maximum absolute atomic E-state index is 11.2. The van der Waals surface area contributed by atoms with Crippen LogP contribution in [0.2, 0.25) is 0 Å². The van der Waals surface area contributed by atoms with Gasteiger partial charge in [0.1, 0.15) is 6.10 Å². The Balaban J connectivity index is 2.19. The number of rotatable bonds is 5. The molecular weight excluding hydrogens is 196 g/mol. The number of ether oxygens (including phenoxy) is 2. The van der Waals surface area contributed by atoms with Crippen LogP contribution in [0.3, 0.4) is 0 Å². The number of carbonyl (C=O) groups is 2. The maximum atomic E-state index is 11.2. The number of hydrogen-bond donors (Lipinski definition) is 0. The van der Waals surface area contributed by atoms with Crippen LogP contribution in [-0.4, -0.2) is 25.2 Å². The van der Waals surface area contributed by atoms with E-state index in [2.05, 4.69) is 0 Å². The van der Waals surface area contributed by atoms with Gasteiger partial charge in [0, 0.05) is 6.42 Å². The van der Waals surface area contributed by atoms with Crippen molar-refractivity contribution in [1.29, 1.82) is 0 Å². The lowest BCUT2D eigenvalue weighted by atomic mass is 9.85. The average Bonchev–Trinajstić information content (AvgIpc) is 2.22. The molecule has 1 fully saturated rings. The fourth-order valence-electron chi connectivity index (χ4n) is 2.01. The zero-order valence-corrected chi connectivity index (χ0v) is 9.11. The van der Waals surface area contributed by atoms with Crippen LogP contribution >= 0.6 is 0 Å². The van der Waals surface area contributed by atoms with Gasteiger partial charge in [-0.1, -0.05) is 0 Å². The van der Waals surface area contributed by atoms with E-state index in [0.717, 1.165) is 25.7 Å². The summed E-state index contributed by atoms with van der Waals surface area (Å²) in [6.45, 7) is 2.77. The van der Waals surface area contributed by atoms with Gasteiger partial charge in [0.15, 0.2) is 0 Å². The van der Waals surface area contributed by atoms with Gasteiger partial charge < -0.3 is 9.47 Å². The van der Waals surface area contributed by atoms with E-state index in [9.17, 15) is 9.59 Å². The van der Waals surface area contributed by atoms with E-state index in [4.69, 9.17) is 9.47 Å². The monoisotopic (exact) mass is 214 g/mol. The van der Waals surface area contributed by atoms with Gasteiger partial charge in [0.2, 0.25) is 0 Å². The van der Waals surface area contributed by atoms with Crippen LogP contribution in [0.5, 0.6) is 0 Å². The quantitative estimate of drug-likeness (QED) is 0.516. The molecule has 0 aromatic rings. The first kappa shape index (κ1) is 12.0. The molecule has 1 aliphatic carbocycles. The van der Waals surface area contributed by atoms with Crippen molar-refractivity contribution in [1.82, 2.24) is 0 Å². The lowest BCUT2D eigenvalue weighted by molar-refractivity contribution is -0.145. The van der Waals surface area contributed by atoms with E-state index in [1.54, 1.807) is 0 Å². The first-order chi connectivity index (χ1) is 7.26. The fourth-order valence-corrected chi connectivity index (χ4v) is 2.01. The van der Waals surface area contributed by atoms with Crippen LogP contribution in [0.1, 0.15) is 39.0 Å². The second-order valence-corrected chi connectivity index (χ2v) is 3.88. The van der Waals surface area contributed by atoms with Crippen molar-refractivity contribution < 1.29 is 19.1 Å². The molecule has 1 saturated carbocycles. The van der Waals surface area contributed by atoms with Crippen LogP contribution in [0.4, 0.5) is 0 Å². The van der Waals surface area contributed by atoms with Gasteiger partial charge in [-0.05, 0) is 38.5 Å². The highest BCUT2D eigenvalue weighted by atomic mass is 16.5. The topological polar surface area (TPSA) is 52.6 Å². The van der Waals surface area contributed by atoms with Crippen LogP contribution in [0, 0.1) is 5.92 Å². The highest BCUT2D eigenvalue weighted by molar-refractivity contribution is 5.69. The van der Waals surface area contributed by atoms with Crippen LogP contribution in [-0.2, 0) is 19.1 Å². The zero-order valence-electron chi connectivity index (χ0n) is 9.11. The summed E-state index contributed by atoms with van der Waals surface area (Å²) in [5, 5.41) is 0.